The van der Waals surface area contributed by atoms with Crippen molar-refractivity contribution < 1.29 is 33.7 Å². The Morgan fingerprint density at radius 2 is 1.79 bits per heavy atom. The van der Waals surface area contributed by atoms with Crippen LogP contribution in [0.1, 0.15) is 77.4 Å². The van der Waals surface area contributed by atoms with Crippen molar-refractivity contribution in [2.75, 3.05) is 20.3 Å². The number of amides is 2. The van der Waals surface area contributed by atoms with E-state index in [2.05, 4.69) is 26.9 Å². The van der Waals surface area contributed by atoms with Gasteiger partial charge in [-0.25, -0.2) is 4.79 Å². The number of aryl methyl sites for hydroxylation is 2. The van der Waals surface area contributed by atoms with E-state index in [1.807, 2.05) is 43.3 Å². The molecule has 1 aliphatic carbocycles. The standard InChI is InChI=1S/C40H42ClN5O7/c1-23-30-15-11-25-10-14-29(51-2)18-31(25)37(26-8-12-28(41)13-9-26)44-32(38(30)46-45-23)19-35(47)43-21-36(48)42-20-24-7-16-33-34(17-24)52-22-40(53-33,39(49)50)27-5-3-4-6-27/h7-10,12-14,16-18,27,37H,3-6,11,15,19-22H2,1-2H3,(H,42,48)(H,43,47)(H,45,46)(H,49,50). The number of rotatable bonds is 10. The predicted molar refractivity (Wildman–Crippen MR) is 198 cm³/mol. The Balaban J connectivity index is 1.04. The van der Waals surface area contributed by atoms with Gasteiger partial charge in [0.25, 0.3) is 0 Å². The molecule has 2 amide bonds. The normalized spacial score (nSPS) is 19.5. The van der Waals surface area contributed by atoms with Crippen LogP contribution < -0.4 is 24.8 Å². The van der Waals surface area contributed by atoms with E-state index in [-0.39, 0.29) is 43.8 Å². The zero-order chi connectivity index (χ0) is 37.1. The number of carbonyl (C=O) groups is 3. The summed E-state index contributed by atoms with van der Waals surface area (Å²) in [6.07, 6.45) is 4.85. The van der Waals surface area contributed by atoms with Gasteiger partial charge < -0.3 is 30.0 Å². The molecule has 0 radical (unpaired) electrons. The first-order valence-corrected chi connectivity index (χ1v) is 18.3. The Bertz CT molecular complexity index is 2060. The predicted octanol–water partition coefficient (Wildman–Crippen LogP) is 5.66. The van der Waals surface area contributed by atoms with E-state index in [1.54, 1.807) is 25.3 Å². The fourth-order valence-corrected chi connectivity index (χ4v) is 7.68. The summed E-state index contributed by atoms with van der Waals surface area (Å²) in [4.78, 5) is 43.9. The maximum Gasteiger partial charge on any atom is 0.352 e. The Morgan fingerprint density at radius 3 is 2.55 bits per heavy atom. The molecule has 2 atom stereocenters. The summed E-state index contributed by atoms with van der Waals surface area (Å²) in [6, 6.07) is 18.2. The topological polar surface area (TPSA) is 164 Å². The molecule has 1 saturated carbocycles. The number of nitrogens with one attached hydrogen (secondary N) is 3. The first-order valence-electron chi connectivity index (χ1n) is 17.9. The van der Waals surface area contributed by atoms with Crippen LogP contribution in [0, 0.1) is 12.8 Å². The highest BCUT2D eigenvalue weighted by molar-refractivity contribution is 6.30. The number of aliphatic imine (C=N–C) groups is 1. The lowest BCUT2D eigenvalue weighted by Crippen LogP contribution is -2.56. The van der Waals surface area contributed by atoms with Crippen molar-refractivity contribution >= 4 is 35.1 Å². The highest BCUT2D eigenvalue weighted by Crippen LogP contribution is 2.44. The molecule has 2 unspecified atom stereocenters. The third-order valence-electron chi connectivity index (χ3n) is 10.5. The molecule has 0 bridgehead atoms. The SMILES string of the molecule is COc1ccc2c(c1)C(c1ccc(Cl)cc1)N=C(CC(=O)NCC(=O)NCc1ccc3c(c1)OCC(C(=O)O)(C1CCCC1)O3)c1n[nH]c(C)c1CC2. The van der Waals surface area contributed by atoms with Gasteiger partial charge in [-0.2, -0.15) is 5.10 Å². The summed E-state index contributed by atoms with van der Waals surface area (Å²) in [6.45, 7) is 1.81. The van der Waals surface area contributed by atoms with E-state index in [1.165, 1.54) is 0 Å². The second kappa shape index (κ2) is 15.3. The summed E-state index contributed by atoms with van der Waals surface area (Å²) in [5.74, 6) is -0.382. The number of carbonyl (C=O) groups excluding carboxylic acids is 2. The van der Waals surface area contributed by atoms with Gasteiger partial charge in [-0.3, -0.25) is 19.7 Å². The lowest BCUT2D eigenvalue weighted by atomic mass is 9.85. The van der Waals surface area contributed by atoms with E-state index in [0.29, 0.717) is 40.1 Å². The van der Waals surface area contributed by atoms with Crippen molar-refractivity contribution in [1.82, 2.24) is 20.8 Å². The fraction of sp³-hybridized carbons (Fsp3) is 0.375. The number of hydrogen-bond acceptors (Lipinski definition) is 8. The molecule has 3 heterocycles. The van der Waals surface area contributed by atoms with E-state index in [4.69, 9.17) is 30.8 Å². The molecule has 12 nitrogen and oxygen atoms in total. The Morgan fingerprint density at radius 1 is 1.00 bits per heavy atom. The van der Waals surface area contributed by atoms with Gasteiger partial charge in [-0.1, -0.05) is 48.7 Å². The average molecular weight is 740 g/mol. The number of H-pyrrole nitrogens is 1. The van der Waals surface area contributed by atoms with E-state index in [9.17, 15) is 19.5 Å². The van der Waals surface area contributed by atoms with Gasteiger partial charge in [0, 0.05) is 28.7 Å². The summed E-state index contributed by atoms with van der Waals surface area (Å²) in [7, 11) is 1.63. The van der Waals surface area contributed by atoms with Crippen LogP contribution in [-0.4, -0.2) is 64.7 Å². The molecule has 1 fully saturated rings. The Kier molecular flexibility index (Phi) is 10.4. The van der Waals surface area contributed by atoms with Crippen molar-refractivity contribution in [1.29, 1.82) is 0 Å². The molecule has 13 heteroatoms. The molecule has 53 heavy (non-hydrogen) atoms. The Labute approximate surface area is 312 Å². The first-order chi connectivity index (χ1) is 25.6. The number of aromatic nitrogens is 2. The highest BCUT2D eigenvalue weighted by Gasteiger charge is 2.52. The van der Waals surface area contributed by atoms with E-state index in [0.717, 1.165) is 65.6 Å². The minimum Gasteiger partial charge on any atom is -0.497 e. The number of methoxy groups -OCH3 is 1. The van der Waals surface area contributed by atoms with Gasteiger partial charge in [-0.15, -0.1) is 0 Å². The van der Waals surface area contributed by atoms with Crippen LogP contribution in [0.15, 0.2) is 65.7 Å². The summed E-state index contributed by atoms with van der Waals surface area (Å²) >= 11 is 6.25. The summed E-state index contributed by atoms with van der Waals surface area (Å²) in [5, 5.41) is 23.9. The molecule has 4 aromatic rings. The van der Waals surface area contributed by atoms with Crippen molar-refractivity contribution in [3.63, 3.8) is 0 Å². The van der Waals surface area contributed by atoms with Crippen LogP contribution in [0.2, 0.25) is 5.02 Å². The van der Waals surface area contributed by atoms with Gasteiger partial charge in [0.15, 0.2) is 11.5 Å². The van der Waals surface area contributed by atoms with Crippen molar-refractivity contribution in [3.8, 4) is 17.2 Å². The van der Waals surface area contributed by atoms with Crippen molar-refractivity contribution in [3.05, 3.63) is 105 Å². The molecular formula is C40H42ClN5O7. The first kappa shape index (κ1) is 36.0. The van der Waals surface area contributed by atoms with Gasteiger partial charge in [0.05, 0.1) is 25.8 Å². The number of fused-ring (bicyclic) bond motifs is 3. The molecular weight excluding hydrogens is 698 g/mol. The molecule has 1 aromatic heterocycles. The van der Waals surface area contributed by atoms with Crippen LogP contribution in [0.4, 0.5) is 0 Å². The minimum atomic E-state index is -1.40. The number of hydrogen-bond donors (Lipinski definition) is 4. The zero-order valence-electron chi connectivity index (χ0n) is 29.7. The minimum absolute atomic E-state index is 0.0758. The molecule has 0 spiro atoms. The molecule has 0 saturated heterocycles. The van der Waals surface area contributed by atoms with Gasteiger partial charge in [0.1, 0.15) is 24.1 Å². The average Bonchev–Trinajstić information content (AvgIpc) is 3.85. The largest absolute Gasteiger partial charge is 0.497 e. The number of nitrogens with zero attached hydrogens (tertiary/aromatic N) is 2. The Hall–Kier alpha value is -5.36. The van der Waals surface area contributed by atoms with Gasteiger partial charge >= 0.3 is 5.97 Å². The number of aliphatic carboxylic acids is 1. The smallest absolute Gasteiger partial charge is 0.352 e. The van der Waals surface area contributed by atoms with E-state index < -0.39 is 17.6 Å². The lowest BCUT2D eigenvalue weighted by Gasteiger charge is -2.39. The second-order valence-electron chi connectivity index (χ2n) is 13.8. The number of aromatic amines is 1. The van der Waals surface area contributed by atoms with Crippen LogP contribution in [0.3, 0.4) is 0 Å². The third kappa shape index (κ3) is 7.59. The maximum atomic E-state index is 13.5. The molecule has 7 rings (SSSR count). The van der Waals surface area contributed by atoms with Crippen LogP contribution in [0.25, 0.3) is 0 Å². The number of carboxylic acid groups (broad SMARTS) is 1. The molecule has 2 aliphatic heterocycles. The molecule has 3 aliphatic rings. The van der Waals surface area contributed by atoms with E-state index >= 15 is 0 Å². The quantitative estimate of drug-likeness (QED) is 0.162. The van der Waals surface area contributed by atoms with Crippen molar-refractivity contribution in [2.45, 2.75) is 70.1 Å². The van der Waals surface area contributed by atoms with Crippen molar-refractivity contribution in [2.24, 2.45) is 10.9 Å². The molecule has 3 aromatic carbocycles. The van der Waals surface area contributed by atoms with Crippen LogP contribution in [-0.2, 0) is 33.8 Å². The fourth-order valence-electron chi connectivity index (χ4n) is 7.55. The highest BCUT2D eigenvalue weighted by atomic mass is 35.5. The summed E-state index contributed by atoms with van der Waals surface area (Å²) in [5.41, 5.74) is 5.32. The van der Waals surface area contributed by atoms with Gasteiger partial charge in [0.2, 0.25) is 17.4 Å². The number of benzene rings is 3. The van der Waals surface area contributed by atoms with Crippen LogP contribution >= 0.6 is 11.6 Å². The number of halogens is 1. The van der Waals surface area contributed by atoms with Gasteiger partial charge in [-0.05, 0) is 91.3 Å². The zero-order valence-corrected chi connectivity index (χ0v) is 30.4. The second-order valence-corrected chi connectivity index (χ2v) is 14.3. The van der Waals surface area contributed by atoms with Crippen LogP contribution in [0.5, 0.6) is 17.2 Å². The molecule has 4 N–H and O–H groups in total. The maximum absolute atomic E-state index is 13.5. The number of carboxylic acids is 1. The monoisotopic (exact) mass is 739 g/mol. The molecule has 276 valence electrons. The number of ether oxygens (including phenoxy) is 3. The lowest BCUT2D eigenvalue weighted by molar-refractivity contribution is -0.167. The summed E-state index contributed by atoms with van der Waals surface area (Å²) < 4.78 is 17.6. The third-order valence-corrected chi connectivity index (χ3v) is 10.7.